The van der Waals surface area contributed by atoms with Gasteiger partial charge in [-0.3, -0.25) is 9.79 Å². The molecule has 1 N–H and O–H groups in total. The summed E-state index contributed by atoms with van der Waals surface area (Å²) in [6, 6.07) is 17.2. The summed E-state index contributed by atoms with van der Waals surface area (Å²) in [4.78, 5) is 27.8. The Bertz CT molecular complexity index is 1770. The first-order chi connectivity index (χ1) is 28.0. The van der Waals surface area contributed by atoms with Crippen LogP contribution in [-0.2, 0) is 9.59 Å². The molecule has 60 heavy (non-hydrogen) atoms. The van der Waals surface area contributed by atoms with Crippen LogP contribution in [0.2, 0.25) is 0 Å². The summed E-state index contributed by atoms with van der Waals surface area (Å²) in [6.45, 7) is 32.1. The monoisotopic (exact) mass is 837 g/mol. The van der Waals surface area contributed by atoms with Gasteiger partial charge in [0.25, 0.3) is 5.91 Å². The summed E-state index contributed by atoms with van der Waals surface area (Å²) in [6.07, 6.45) is 4.87. The van der Waals surface area contributed by atoms with Gasteiger partial charge in [0.1, 0.15) is 22.9 Å². The fourth-order valence-corrected chi connectivity index (χ4v) is 6.87. The molecule has 1 aliphatic rings. The summed E-state index contributed by atoms with van der Waals surface area (Å²) in [5.41, 5.74) is 8.94. The lowest BCUT2D eigenvalue weighted by atomic mass is 9.82. The molecule has 0 saturated heterocycles. The highest BCUT2D eigenvalue weighted by atomic mass is 19.4. The van der Waals surface area contributed by atoms with E-state index in [1.807, 2.05) is 13.8 Å². The smallest absolute Gasteiger partial charge is 0.405 e. The second-order valence-electron chi connectivity index (χ2n) is 17.8. The molecule has 4 rings (SSSR count). The number of ketones is 1. The lowest BCUT2D eigenvalue weighted by Crippen LogP contribution is -2.41. The lowest BCUT2D eigenvalue weighted by molar-refractivity contribution is -0.274. The first-order valence-electron chi connectivity index (χ1n) is 22.5. The van der Waals surface area contributed by atoms with Crippen LogP contribution in [0.4, 0.5) is 13.2 Å². The lowest BCUT2D eigenvalue weighted by Gasteiger charge is -2.26. The van der Waals surface area contributed by atoms with E-state index in [0.29, 0.717) is 30.5 Å². The average molecular weight is 837 g/mol. The summed E-state index contributed by atoms with van der Waals surface area (Å²) in [5.74, 6) is 2.03. The van der Waals surface area contributed by atoms with E-state index in [0.717, 1.165) is 31.6 Å². The number of halogens is 3. The van der Waals surface area contributed by atoms with Crippen molar-refractivity contribution in [2.24, 2.45) is 22.7 Å². The number of nitrogens with one attached hydrogen (secondary N) is 1. The minimum atomic E-state index is -4.81. The van der Waals surface area contributed by atoms with Gasteiger partial charge in [0.05, 0.1) is 5.56 Å². The minimum Gasteiger partial charge on any atom is -0.405 e. The van der Waals surface area contributed by atoms with Crippen LogP contribution in [0.25, 0.3) is 11.1 Å². The SMILES string of the molecule is CCC(C)C.CCC(C)CCC1(CC(C)C)N=C(c2ccccc2OC(F)(F)F)NC1=O.CCC(C)c1cc(C)c(-c2cc(C)ccc2C)c(C)c1.CCCCCC(C)=O. The number of amides is 1. The predicted molar refractivity (Wildman–Crippen MR) is 248 cm³/mol. The number of amidine groups is 1. The molecule has 0 bridgehead atoms. The molecule has 0 spiro atoms. The molecule has 336 valence electrons. The highest BCUT2D eigenvalue weighted by Gasteiger charge is 2.44. The number of hydrogen-bond acceptors (Lipinski definition) is 4. The molecule has 3 atom stereocenters. The molecular weight excluding hydrogens is 758 g/mol. The van der Waals surface area contributed by atoms with E-state index in [-0.39, 0.29) is 29.0 Å². The fraction of sp³-hybridized carbons (Fsp3) is 0.596. The molecule has 1 aliphatic heterocycles. The van der Waals surface area contributed by atoms with Gasteiger partial charge in [-0.05, 0) is 136 Å². The Kier molecular flexibility index (Phi) is 23.8. The molecule has 3 unspecified atom stereocenters. The predicted octanol–water partition coefficient (Wildman–Crippen LogP) is 15.4. The van der Waals surface area contributed by atoms with Crippen LogP contribution in [0.1, 0.15) is 180 Å². The highest BCUT2D eigenvalue weighted by Crippen LogP contribution is 2.36. The number of nitrogens with zero attached hydrogens (tertiary/aromatic N) is 1. The van der Waals surface area contributed by atoms with Crippen LogP contribution in [0.5, 0.6) is 5.75 Å². The molecule has 3 aromatic rings. The maximum atomic E-state index is 12.8. The fourth-order valence-electron chi connectivity index (χ4n) is 6.87. The Hall–Kier alpha value is -3.94. The number of para-hydroxylation sites is 1. The third-order valence-corrected chi connectivity index (χ3v) is 11.2. The molecule has 0 aromatic heterocycles. The van der Waals surface area contributed by atoms with E-state index in [1.54, 1.807) is 13.0 Å². The van der Waals surface area contributed by atoms with E-state index in [2.05, 4.69) is 128 Å². The van der Waals surface area contributed by atoms with Gasteiger partial charge < -0.3 is 14.8 Å². The molecule has 0 fully saturated rings. The van der Waals surface area contributed by atoms with Gasteiger partial charge in [-0.1, -0.05) is 143 Å². The average Bonchev–Trinajstić information content (AvgIpc) is 3.49. The van der Waals surface area contributed by atoms with E-state index in [9.17, 15) is 22.8 Å². The number of carbonyl (C=O) groups excluding carboxylic acids is 2. The molecule has 8 heteroatoms. The van der Waals surface area contributed by atoms with E-state index >= 15 is 0 Å². The van der Waals surface area contributed by atoms with Gasteiger partial charge in [-0.15, -0.1) is 13.2 Å². The molecule has 0 saturated carbocycles. The second kappa shape index (κ2) is 26.4. The second-order valence-corrected chi connectivity index (χ2v) is 17.8. The van der Waals surface area contributed by atoms with Crippen molar-refractivity contribution in [2.75, 3.05) is 0 Å². The minimum absolute atomic E-state index is 0.136. The summed E-state index contributed by atoms with van der Waals surface area (Å²) >= 11 is 0. The third-order valence-electron chi connectivity index (χ3n) is 11.2. The number of aliphatic imine (C=N–C) groups is 1. The number of rotatable bonds is 16. The number of Topliss-reactive ketones (excluding diaryl/α,β-unsaturated/α-hetero) is 1. The first-order valence-corrected chi connectivity index (χ1v) is 22.5. The van der Waals surface area contributed by atoms with Gasteiger partial charge >= 0.3 is 6.36 Å². The van der Waals surface area contributed by atoms with Crippen LogP contribution in [0.3, 0.4) is 0 Å². The van der Waals surface area contributed by atoms with Crippen LogP contribution < -0.4 is 10.1 Å². The Labute approximate surface area is 362 Å². The zero-order chi connectivity index (χ0) is 45.8. The topological polar surface area (TPSA) is 67.8 Å². The van der Waals surface area contributed by atoms with Crippen LogP contribution in [0.15, 0.2) is 59.6 Å². The Morgan fingerprint density at radius 3 is 1.88 bits per heavy atom. The number of ether oxygens (including phenoxy) is 1. The van der Waals surface area contributed by atoms with Crippen molar-refractivity contribution in [3.8, 4) is 16.9 Å². The molecule has 5 nitrogen and oxygen atoms in total. The standard InChI is InChI=1S/C20H27F3N2O2.C20H26.C7H14O.C5H12/c1-5-14(4)10-11-19(12-13(2)3)18(26)24-17(25-19)15-8-6-7-9-16(15)27-20(21,22)23;1-7-14(3)18-11-16(5)20(17(6)12-18)19-10-13(2)8-9-15(19)4;1-3-4-5-6-7(2)8;1-4-5(2)3/h6-9,13-14H,5,10-12H2,1-4H3,(H,24,25,26);8-12,14H,7H2,1-6H3;3-6H2,1-2H3;5H,4H2,1-3H3. The first kappa shape index (κ1) is 54.1. The van der Waals surface area contributed by atoms with Crippen LogP contribution >= 0.6 is 0 Å². The van der Waals surface area contributed by atoms with Crippen LogP contribution in [0, 0.1) is 45.4 Å². The maximum Gasteiger partial charge on any atom is 0.573 e. The number of benzene rings is 3. The number of unbranched alkanes of at least 4 members (excludes halogenated alkanes) is 2. The van der Waals surface area contributed by atoms with E-state index in [1.165, 1.54) is 82.8 Å². The Morgan fingerprint density at radius 2 is 1.38 bits per heavy atom. The molecule has 3 aromatic carbocycles. The van der Waals surface area contributed by atoms with Crippen LogP contribution in [-0.4, -0.2) is 29.4 Å². The summed E-state index contributed by atoms with van der Waals surface area (Å²) in [5, 5.41) is 2.70. The van der Waals surface area contributed by atoms with Crippen molar-refractivity contribution < 1.29 is 27.5 Å². The molecule has 1 amide bonds. The Morgan fingerprint density at radius 1 is 0.783 bits per heavy atom. The molecule has 1 heterocycles. The number of hydrogen-bond donors (Lipinski definition) is 1. The maximum absolute atomic E-state index is 12.8. The summed E-state index contributed by atoms with van der Waals surface area (Å²) in [7, 11) is 0. The molecular formula is C52H79F3N2O3. The molecule has 0 radical (unpaired) electrons. The zero-order valence-electron chi connectivity index (χ0n) is 39.9. The van der Waals surface area contributed by atoms with E-state index in [4.69, 9.17) is 0 Å². The number of alkyl halides is 3. The zero-order valence-corrected chi connectivity index (χ0v) is 39.9. The number of carbonyl (C=O) groups is 2. The van der Waals surface area contributed by atoms with Crippen molar-refractivity contribution >= 4 is 17.5 Å². The molecule has 0 aliphatic carbocycles. The van der Waals surface area contributed by atoms with Crippen molar-refractivity contribution in [3.05, 3.63) is 88.0 Å². The van der Waals surface area contributed by atoms with Crippen molar-refractivity contribution in [3.63, 3.8) is 0 Å². The normalized spacial score (nSPS) is 15.7. The van der Waals surface area contributed by atoms with Gasteiger partial charge in [-0.2, -0.15) is 0 Å². The van der Waals surface area contributed by atoms with Gasteiger partial charge in [0.15, 0.2) is 0 Å². The van der Waals surface area contributed by atoms with Gasteiger partial charge in [-0.25, -0.2) is 0 Å². The highest BCUT2D eigenvalue weighted by molar-refractivity contribution is 6.16. The van der Waals surface area contributed by atoms with Crippen molar-refractivity contribution in [1.82, 2.24) is 5.32 Å². The largest absolute Gasteiger partial charge is 0.573 e. The van der Waals surface area contributed by atoms with E-state index < -0.39 is 11.9 Å². The quantitative estimate of drug-likeness (QED) is 0.146. The summed E-state index contributed by atoms with van der Waals surface area (Å²) < 4.78 is 42.2. The Balaban J connectivity index is 0.000000474. The third kappa shape index (κ3) is 18.8. The number of aryl methyl sites for hydroxylation is 4. The van der Waals surface area contributed by atoms with Gasteiger partial charge in [0.2, 0.25) is 0 Å². The van der Waals surface area contributed by atoms with Crippen molar-refractivity contribution in [2.45, 2.75) is 186 Å². The van der Waals surface area contributed by atoms with Crippen molar-refractivity contribution in [1.29, 1.82) is 0 Å². The van der Waals surface area contributed by atoms with Gasteiger partial charge in [0, 0.05) is 6.42 Å².